The maximum atomic E-state index is 12.2. The summed E-state index contributed by atoms with van der Waals surface area (Å²) in [6.45, 7) is 0.347. The number of pyridine rings is 1. The van der Waals surface area contributed by atoms with Crippen LogP contribution in [0.1, 0.15) is 5.69 Å². The van der Waals surface area contributed by atoms with E-state index in [1.54, 1.807) is 24.4 Å². The Morgan fingerprint density at radius 2 is 2.23 bits per heavy atom. The van der Waals surface area contributed by atoms with E-state index in [2.05, 4.69) is 15.6 Å². The van der Waals surface area contributed by atoms with Crippen LogP contribution in [0.5, 0.6) is 5.75 Å². The third-order valence-corrected chi connectivity index (χ3v) is 3.26. The van der Waals surface area contributed by atoms with Gasteiger partial charge in [0.25, 0.3) is 11.6 Å². The first kappa shape index (κ1) is 18.4. The first-order chi connectivity index (χ1) is 12.5. The van der Waals surface area contributed by atoms with E-state index < -0.39 is 10.8 Å². The minimum absolute atomic E-state index is 0.117. The predicted molar refractivity (Wildman–Crippen MR) is 93.1 cm³/mol. The van der Waals surface area contributed by atoms with Crippen molar-refractivity contribution in [3.05, 3.63) is 70.2 Å². The molecule has 0 fully saturated rings. The van der Waals surface area contributed by atoms with Gasteiger partial charge in [-0.05, 0) is 18.2 Å². The van der Waals surface area contributed by atoms with Crippen molar-refractivity contribution >= 4 is 17.3 Å². The fourth-order valence-electron chi connectivity index (χ4n) is 2.00. The molecule has 2 rings (SSSR count). The number of methoxy groups -OCH3 is 1. The molecule has 9 heteroatoms. The minimum Gasteiger partial charge on any atom is -0.494 e. The standard InChI is InChI=1S/C17H15N5O4/c1-26-16-8-14(22(24)25)5-6-15(16)21-17(23)12(9-18)10-19-11-13-4-2-3-7-20-13/h2-8,10,19H,11H2,1H3,(H,21,23)/b12-10-. The van der Waals surface area contributed by atoms with Crippen molar-refractivity contribution in [2.24, 2.45) is 0 Å². The third-order valence-electron chi connectivity index (χ3n) is 3.26. The molecule has 0 saturated carbocycles. The molecule has 0 saturated heterocycles. The second kappa shape index (κ2) is 8.79. The summed E-state index contributed by atoms with van der Waals surface area (Å²) in [7, 11) is 1.32. The van der Waals surface area contributed by atoms with E-state index in [4.69, 9.17) is 10.00 Å². The van der Waals surface area contributed by atoms with Crippen molar-refractivity contribution in [3.8, 4) is 11.8 Å². The summed E-state index contributed by atoms with van der Waals surface area (Å²) < 4.78 is 5.04. The van der Waals surface area contributed by atoms with Gasteiger partial charge in [0.15, 0.2) is 0 Å². The average molecular weight is 353 g/mol. The van der Waals surface area contributed by atoms with E-state index in [0.717, 1.165) is 5.69 Å². The molecule has 132 valence electrons. The van der Waals surface area contributed by atoms with Crippen LogP contribution in [0.15, 0.2) is 54.4 Å². The molecule has 1 heterocycles. The van der Waals surface area contributed by atoms with Gasteiger partial charge in [-0.3, -0.25) is 19.9 Å². The van der Waals surface area contributed by atoms with Crippen molar-refractivity contribution in [2.45, 2.75) is 6.54 Å². The molecule has 0 unspecified atom stereocenters. The Morgan fingerprint density at radius 1 is 1.42 bits per heavy atom. The monoisotopic (exact) mass is 353 g/mol. The Hall–Kier alpha value is -3.93. The van der Waals surface area contributed by atoms with Gasteiger partial charge in [0.05, 0.1) is 36.0 Å². The van der Waals surface area contributed by atoms with E-state index in [0.29, 0.717) is 6.54 Å². The number of nitro groups is 1. The van der Waals surface area contributed by atoms with Gasteiger partial charge in [-0.15, -0.1) is 0 Å². The van der Waals surface area contributed by atoms with Crippen LogP contribution in [0.3, 0.4) is 0 Å². The molecule has 0 radical (unpaired) electrons. The molecule has 1 aromatic carbocycles. The van der Waals surface area contributed by atoms with Crippen LogP contribution < -0.4 is 15.4 Å². The molecular formula is C17H15N5O4. The fraction of sp³-hybridized carbons (Fsp3) is 0.118. The normalized spacial score (nSPS) is 10.5. The number of hydrogen-bond donors (Lipinski definition) is 2. The Morgan fingerprint density at radius 3 is 2.85 bits per heavy atom. The zero-order valence-corrected chi connectivity index (χ0v) is 13.8. The third kappa shape index (κ3) is 4.78. The Labute approximate surface area is 149 Å². The fourth-order valence-corrected chi connectivity index (χ4v) is 2.00. The summed E-state index contributed by atoms with van der Waals surface area (Å²) >= 11 is 0. The van der Waals surface area contributed by atoms with Crippen molar-refractivity contribution in [3.63, 3.8) is 0 Å². The summed E-state index contributed by atoms with van der Waals surface area (Å²) in [5.74, 6) is -0.556. The topological polar surface area (TPSA) is 130 Å². The van der Waals surface area contributed by atoms with Gasteiger partial charge in [0.2, 0.25) is 0 Å². The Kier molecular flexibility index (Phi) is 6.23. The number of amides is 1. The number of ether oxygens (including phenoxy) is 1. The second-order valence-corrected chi connectivity index (χ2v) is 4.97. The Balaban J connectivity index is 2.08. The van der Waals surface area contributed by atoms with Gasteiger partial charge in [0.1, 0.15) is 17.4 Å². The number of carbonyl (C=O) groups is 1. The zero-order chi connectivity index (χ0) is 18.9. The van der Waals surface area contributed by atoms with Crippen LogP contribution in [0, 0.1) is 21.4 Å². The van der Waals surface area contributed by atoms with E-state index in [1.165, 1.54) is 31.5 Å². The lowest BCUT2D eigenvalue weighted by atomic mass is 10.2. The summed E-state index contributed by atoms with van der Waals surface area (Å²) in [6, 6.07) is 11.0. The largest absolute Gasteiger partial charge is 0.494 e. The van der Waals surface area contributed by atoms with Gasteiger partial charge in [-0.2, -0.15) is 5.26 Å². The quantitative estimate of drug-likeness (QED) is 0.337. The number of carbonyl (C=O) groups excluding carboxylic acids is 1. The Bertz CT molecular complexity index is 874. The van der Waals surface area contributed by atoms with Gasteiger partial charge in [-0.1, -0.05) is 6.07 Å². The number of nitriles is 1. The SMILES string of the molecule is COc1cc([N+](=O)[O-])ccc1NC(=O)/C(C#N)=C\NCc1ccccn1. The number of nitro benzene ring substituents is 1. The average Bonchev–Trinajstić information content (AvgIpc) is 2.66. The molecule has 26 heavy (non-hydrogen) atoms. The molecule has 0 aliphatic heterocycles. The highest BCUT2D eigenvalue weighted by Crippen LogP contribution is 2.29. The molecule has 0 spiro atoms. The van der Waals surface area contributed by atoms with Crippen molar-refractivity contribution in [1.82, 2.24) is 10.3 Å². The number of nitrogens with zero attached hydrogens (tertiary/aromatic N) is 3. The van der Waals surface area contributed by atoms with E-state index >= 15 is 0 Å². The highest BCUT2D eigenvalue weighted by Gasteiger charge is 2.15. The molecule has 0 aliphatic carbocycles. The number of non-ortho nitro benzene ring substituents is 1. The predicted octanol–water partition coefficient (Wildman–Crippen LogP) is 2.13. The molecule has 1 amide bonds. The first-order valence-corrected chi connectivity index (χ1v) is 7.42. The first-order valence-electron chi connectivity index (χ1n) is 7.42. The molecule has 2 N–H and O–H groups in total. The van der Waals surface area contributed by atoms with Crippen LogP contribution in [-0.2, 0) is 11.3 Å². The lowest BCUT2D eigenvalue weighted by Crippen LogP contribution is -2.17. The van der Waals surface area contributed by atoms with Crippen molar-refractivity contribution < 1.29 is 14.5 Å². The van der Waals surface area contributed by atoms with Gasteiger partial charge >= 0.3 is 0 Å². The molecule has 0 bridgehead atoms. The smallest absolute Gasteiger partial charge is 0.273 e. The molecule has 1 aromatic heterocycles. The summed E-state index contributed by atoms with van der Waals surface area (Å²) in [6.07, 6.45) is 2.92. The summed E-state index contributed by atoms with van der Waals surface area (Å²) in [5, 5.41) is 25.3. The van der Waals surface area contributed by atoms with Crippen LogP contribution >= 0.6 is 0 Å². The highest BCUT2D eigenvalue weighted by atomic mass is 16.6. The van der Waals surface area contributed by atoms with Crippen molar-refractivity contribution in [1.29, 1.82) is 5.26 Å². The zero-order valence-electron chi connectivity index (χ0n) is 13.8. The number of benzene rings is 1. The number of anilines is 1. The van der Waals surface area contributed by atoms with Crippen LogP contribution in [0.4, 0.5) is 11.4 Å². The minimum atomic E-state index is -0.673. The molecule has 9 nitrogen and oxygen atoms in total. The maximum absolute atomic E-state index is 12.2. The number of aromatic nitrogens is 1. The molecule has 0 aliphatic rings. The van der Waals surface area contributed by atoms with Gasteiger partial charge < -0.3 is 15.4 Å². The van der Waals surface area contributed by atoms with Gasteiger partial charge in [-0.25, -0.2) is 0 Å². The van der Waals surface area contributed by atoms with Crippen LogP contribution in [0.2, 0.25) is 0 Å². The van der Waals surface area contributed by atoms with E-state index in [9.17, 15) is 14.9 Å². The van der Waals surface area contributed by atoms with E-state index in [-0.39, 0.29) is 22.7 Å². The van der Waals surface area contributed by atoms with Crippen LogP contribution in [-0.4, -0.2) is 22.9 Å². The molecule has 0 atom stereocenters. The molecule has 2 aromatic rings. The number of rotatable bonds is 7. The highest BCUT2D eigenvalue weighted by molar-refractivity contribution is 6.07. The lowest BCUT2D eigenvalue weighted by Gasteiger charge is -2.09. The lowest BCUT2D eigenvalue weighted by molar-refractivity contribution is -0.384. The molecular weight excluding hydrogens is 338 g/mol. The van der Waals surface area contributed by atoms with Gasteiger partial charge in [0, 0.05) is 18.5 Å². The number of hydrogen-bond acceptors (Lipinski definition) is 7. The van der Waals surface area contributed by atoms with Crippen LogP contribution in [0.25, 0.3) is 0 Å². The summed E-state index contributed by atoms with van der Waals surface area (Å²) in [4.78, 5) is 26.6. The maximum Gasteiger partial charge on any atom is 0.273 e. The number of nitrogens with one attached hydrogen (secondary N) is 2. The van der Waals surface area contributed by atoms with E-state index in [1.807, 2.05) is 6.07 Å². The summed E-state index contributed by atoms with van der Waals surface area (Å²) in [5.41, 5.74) is 0.627. The van der Waals surface area contributed by atoms with Crippen molar-refractivity contribution in [2.75, 3.05) is 12.4 Å². The second-order valence-electron chi connectivity index (χ2n) is 4.97.